The summed E-state index contributed by atoms with van der Waals surface area (Å²) >= 11 is 0. The Balaban J connectivity index is 2.41. The van der Waals surface area contributed by atoms with E-state index in [0.29, 0.717) is 6.04 Å². The van der Waals surface area contributed by atoms with Crippen molar-refractivity contribution in [3.63, 3.8) is 0 Å². The van der Waals surface area contributed by atoms with Gasteiger partial charge in [0.1, 0.15) is 0 Å². The monoisotopic (exact) mass is 227 g/mol. The van der Waals surface area contributed by atoms with Crippen LogP contribution < -0.4 is 11.1 Å². The molecule has 0 spiro atoms. The molecule has 0 bridgehead atoms. The predicted molar refractivity (Wildman–Crippen MR) is 66.1 cm³/mol. The highest BCUT2D eigenvalue weighted by molar-refractivity contribution is 5.81. The number of likely N-dealkylation sites (tertiary alicyclic amines) is 1. The van der Waals surface area contributed by atoms with E-state index in [1.807, 2.05) is 6.92 Å². The molecule has 4 nitrogen and oxygen atoms in total. The minimum absolute atomic E-state index is 0.0471. The Labute approximate surface area is 98.6 Å². The van der Waals surface area contributed by atoms with Gasteiger partial charge in [-0.1, -0.05) is 13.8 Å². The van der Waals surface area contributed by atoms with E-state index in [1.165, 1.54) is 0 Å². The van der Waals surface area contributed by atoms with Crippen molar-refractivity contribution in [3.8, 4) is 0 Å². The van der Waals surface area contributed by atoms with Gasteiger partial charge in [-0.3, -0.25) is 9.69 Å². The number of nitrogens with zero attached hydrogens (tertiary/aromatic N) is 1. The maximum absolute atomic E-state index is 12.0. The van der Waals surface area contributed by atoms with Gasteiger partial charge in [0.25, 0.3) is 0 Å². The Morgan fingerprint density at radius 3 is 2.56 bits per heavy atom. The third-order valence-electron chi connectivity index (χ3n) is 3.52. The number of hydrogen-bond donors (Lipinski definition) is 2. The Morgan fingerprint density at radius 1 is 1.50 bits per heavy atom. The van der Waals surface area contributed by atoms with E-state index in [-0.39, 0.29) is 18.0 Å². The lowest BCUT2D eigenvalue weighted by Crippen LogP contribution is -2.47. The molecule has 1 unspecified atom stereocenters. The topological polar surface area (TPSA) is 58.4 Å². The first-order chi connectivity index (χ1) is 7.58. The summed E-state index contributed by atoms with van der Waals surface area (Å²) in [5, 5.41) is 3.09. The van der Waals surface area contributed by atoms with E-state index in [4.69, 9.17) is 5.73 Å². The van der Waals surface area contributed by atoms with Crippen LogP contribution in [0, 0.1) is 0 Å². The second-order valence-corrected chi connectivity index (χ2v) is 4.74. The fraction of sp³-hybridized carbons (Fsp3) is 0.917. The molecule has 1 fully saturated rings. The summed E-state index contributed by atoms with van der Waals surface area (Å²) in [6, 6.07) is 0.503. The molecule has 0 saturated carbocycles. The summed E-state index contributed by atoms with van der Waals surface area (Å²) in [5.74, 6) is 0.141. The molecule has 0 aliphatic carbocycles. The van der Waals surface area contributed by atoms with E-state index in [9.17, 15) is 4.79 Å². The van der Waals surface area contributed by atoms with Crippen LogP contribution in [0.5, 0.6) is 0 Å². The number of nitrogens with one attached hydrogen (secondary N) is 1. The first-order valence-electron chi connectivity index (χ1n) is 6.38. The highest BCUT2D eigenvalue weighted by Crippen LogP contribution is 2.11. The van der Waals surface area contributed by atoms with Crippen molar-refractivity contribution >= 4 is 5.91 Å². The third kappa shape index (κ3) is 3.46. The van der Waals surface area contributed by atoms with Crippen LogP contribution in [0.15, 0.2) is 0 Å². The molecule has 0 aromatic heterocycles. The zero-order valence-electron chi connectivity index (χ0n) is 10.7. The Kier molecular flexibility index (Phi) is 5.22. The molecule has 2 atom stereocenters. The fourth-order valence-electron chi connectivity index (χ4n) is 2.15. The van der Waals surface area contributed by atoms with Gasteiger partial charge in [0.05, 0.1) is 6.04 Å². The molecule has 0 aromatic rings. The molecular formula is C12H25N3O. The van der Waals surface area contributed by atoms with Crippen LogP contribution in [0.2, 0.25) is 0 Å². The quantitative estimate of drug-likeness (QED) is 0.727. The van der Waals surface area contributed by atoms with Crippen LogP contribution in [0.3, 0.4) is 0 Å². The molecule has 16 heavy (non-hydrogen) atoms. The first-order valence-corrected chi connectivity index (χ1v) is 6.38. The van der Waals surface area contributed by atoms with Gasteiger partial charge in [-0.2, -0.15) is 0 Å². The Bertz CT molecular complexity index is 228. The number of carbonyl (C=O) groups is 1. The maximum Gasteiger partial charge on any atom is 0.237 e. The summed E-state index contributed by atoms with van der Waals surface area (Å²) in [6.07, 6.45) is 2.99. The molecule has 1 saturated heterocycles. The highest BCUT2D eigenvalue weighted by atomic mass is 16.2. The summed E-state index contributed by atoms with van der Waals surface area (Å²) in [7, 11) is 0. The zero-order chi connectivity index (χ0) is 12.1. The maximum atomic E-state index is 12.0. The second kappa shape index (κ2) is 6.21. The predicted octanol–water partition coefficient (Wildman–Crippen LogP) is 0.713. The average molecular weight is 227 g/mol. The SMILES string of the molecule is CCC(CC)NC(=O)C(C)N1CC[C@H](N)C1. The van der Waals surface area contributed by atoms with Gasteiger partial charge in [0.2, 0.25) is 5.91 Å². The number of rotatable bonds is 5. The van der Waals surface area contributed by atoms with Crippen LogP contribution in [-0.4, -0.2) is 42.0 Å². The molecule has 1 rings (SSSR count). The van der Waals surface area contributed by atoms with Gasteiger partial charge in [-0.05, 0) is 26.2 Å². The molecular weight excluding hydrogens is 202 g/mol. The lowest BCUT2D eigenvalue weighted by molar-refractivity contribution is -0.126. The van der Waals surface area contributed by atoms with Crippen LogP contribution >= 0.6 is 0 Å². The number of hydrogen-bond acceptors (Lipinski definition) is 3. The van der Waals surface area contributed by atoms with E-state index >= 15 is 0 Å². The highest BCUT2D eigenvalue weighted by Gasteiger charge is 2.28. The van der Waals surface area contributed by atoms with Crippen molar-refractivity contribution < 1.29 is 4.79 Å². The van der Waals surface area contributed by atoms with E-state index in [0.717, 1.165) is 32.4 Å². The number of amides is 1. The number of carbonyl (C=O) groups excluding carboxylic acids is 1. The molecule has 0 aromatic carbocycles. The summed E-state index contributed by atoms with van der Waals surface area (Å²) in [6.45, 7) is 7.96. The van der Waals surface area contributed by atoms with E-state index < -0.39 is 0 Å². The molecule has 0 radical (unpaired) electrons. The molecule has 3 N–H and O–H groups in total. The molecule has 4 heteroatoms. The van der Waals surface area contributed by atoms with E-state index in [1.54, 1.807) is 0 Å². The van der Waals surface area contributed by atoms with Gasteiger partial charge < -0.3 is 11.1 Å². The van der Waals surface area contributed by atoms with Gasteiger partial charge in [0, 0.05) is 25.2 Å². The van der Waals surface area contributed by atoms with Crippen molar-refractivity contribution in [2.45, 2.75) is 58.2 Å². The fourth-order valence-corrected chi connectivity index (χ4v) is 2.15. The zero-order valence-corrected chi connectivity index (χ0v) is 10.7. The van der Waals surface area contributed by atoms with Gasteiger partial charge in [-0.25, -0.2) is 0 Å². The first kappa shape index (κ1) is 13.5. The number of nitrogens with two attached hydrogens (primary N) is 1. The van der Waals surface area contributed by atoms with Crippen molar-refractivity contribution in [1.82, 2.24) is 10.2 Å². The summed E-state index contributed by atoms with van der Waals surface area (Å²) in [5.41, 5.74) is 5.84. The van der Waals surface area contributed by atoms with Crippen molar-refractivity contribution in [2.24, 2.45) is 5.73 Å². The molecule has 1 aliphatic rings. The van der Waals surface area contributed by atoms with Crippen molar-refractivity contribution in [1.29, 1.82) is 0 Å². The van der Waals surface area contributed by atoms with Crippen LogP contribution in [0.4, 0.5) is 0 Å². The standard InChI is InChI=1S/C12H25N3O/c1-4-11(5-2)14-12(16)9(3)15-7-6-10(13)8-15/h9-11H,4-8,13H2,1-3H3,(H,14,16)/t9?,10-/m0/s1. The van der Waals surface area contributed by atoms with Gasteiger partial charge in [0.15, 0.2) is 0 Å². The van der Waals surface area contributed by atoms with Crippen LogP contribution in [0.1, 0.15) is 40.0 Å². The minimum atomic E-state index is -0.0471. The summed E-state index contributed by atoms with van der Waals surface area (Å²) in [4.78, 5) is 14.1. The normalized spacial score (nSPS) is 23.7. The Hall–Kier alpha value is -0.610. The van der Waals surface area contributed by atoms with Gasteiger partial charge in [-0.15, -0.1) is 0 Å². The average Bonchev–Trinajstić information content (AvgIpc) is 2.71. The van der Waals surface area contributed by atoms with Gasteiger partial charge >= 0.3 is 0 Å². The molecule has 1 aliphatic heterocycles. The van der Waals surface area contributed by atoms with Crippen LogP contribution in [0.25, 0.3) is 0 Å². The lowest BCUT2D eigenvalue weighted by Gasteiger charge is -2.25. The third-order valence-corrected chi connectivity index (χ3v) is 3.52. The smallest absolute Gasteiger partial charge is 0.237 e. The van der Waals surface area contributed by atoms with Crippen molar-refractivity contribution in [2.75, 3.05) is 13.1 Å². The lowest BCUT2D eigenvalue weighted by atomic mass is 10.1. The second-order valence-electron chi connectivity index (χ2n) is 4.74. The Morgan fingerprint density at radius 2 is 2.12 bits per heavy atom. The molecule has 1 heterocycles. The van der Waals surface area contributed by atoms with Crippen LogP contribution in [-0.2, 0) is 4.79 Å². The minimum Gasteiger partial charge on any atom is -0.352 e. The molecule has 94 valence electrons. The van der Waals surface area contributed by atoms with E-state index in [2.05, 4.69) is 24.1 Å². The molecule has 1 amide bonds. The summed E-state index contributed by atoms with van der Waals surface area (Å²) < 4.78 is 0. The van der Waals surface area contributed by atoms with Crippen molar-refractivity contribution in [3.05, 3.63) is 0 Å². The largest absolute Gasteiger partial charge is 0.352 e.